The fourth-order valence-electron chi connectivity index (χ4n) is 3.68. The van der Waals surface area contributed by atoms with Crippen LogP contribution in [0.2, 0.25) is 0 Å². The van der Waals surface area contributed by atoms with Crippen LogP contribution in [0.4, 0.5) is 5.69 Å². The number of rotatable bonds is 6. The number of carbonyl (C=O) groups is 1. The van der Waals surface area contributed by atoms with Crippen molar-refractivity contribution < 1.29 is 4.79 Å². The summed E-state index contributed by atoms with van der Waals surface area (Å²) < 4.78 is 0. The van der Waals surface area contributed by atoms with Gasteiger partial charge in [0.15, 0.2) is 0 Å². The Bertz CT molecular complexity index is 521. The van der Waals surface area contributed by atoms with Crippen LogP contribution in [-0.2, 0) is 4.79 Å². The molecule has 2 fully saturated rings. The van der Waals surface area contributed by atoms with Crippen molar-refractivity contribution in [3.63, 3.8) is 0 Å². The second-order valence-electron chi connectivity index (χ2n) is 7.01. The minimum Gasteiger partial charge on any atom is -0.369 e. The molecule has 3 rings (SSSR count). The van der Waals surface area contributed by atoms with E-state index < -0.39 is 0 Å². The monoisotopic (exact) mass is 438 g/mol. The summed E-state index contributed by atoms with van der Waals surface area (Å²) in [5.74, 6) is 0.184. The van der Waals surface area contributed by atoms with Gasteiger partial charge in [0.1, 0.15) is 0 Å². The number of hydrogen-bond donors (Lipinski definition) is 2. The normalized spacial score (nSPS) is 20.6. The van der Waals surface area contributed by atoms with E-state index in [1.165, 1.54) is 12.1 Å². The second kappa shape index (κ2) is 13.5. The molecule has 0 radical (unpaired) electrons. The largest absolute Gasteiger partial charge is 0.369 e. The number of para-hydroxylation sites is 1. The third-order valence-electron chi connectivity index (χ3n) is 5.25. The van der Waals surface area contributed by atoms with Gasteiger partial charge in [-0.3, -0.25) is 9.69 Å². The SMILES string of the molecule is CC(CNC(=O)CC1CCCN1)N1CCN(c2ccccc2)CC1.Cl.Cl.Cl. The van der Waals surface area contributed by atoms with Crippen LogP contribution in [0.25, 0.3) is 0 Å². The summed E-state index contributed by atoms with van der Waals surface area (Å²) in [5, 5.41) is 6.50. The third kappa shape index (κ3) is 8.04. The van der Waals surface area contributed by atoms with Crippen LogP contribution < -0.4 is 15.5 Å². The van der Waals surface area contributed by atoms with E-state index in [-0.39, 0.29) is 43.1 Å². The molecular formula is C19H33Cl3N4O. The van der Waals surface area contributed by atoms with Crippen LogP contribution in [0.5, 0.6) is 0 Å². The molecule has 2 N–H and O–H groups in total. The summed E-state index contributed by atoms with van der Waals surface area (Å²) in [4.78, 5) is 17.0. The highest BCUT2D eigenvalue weighted by Gasteiger charge is 2.22. The van der Waals surface area contributed by atoms with E-state index >= 15 is 0 Å². The van der Waals surface area contributed by atoms with Crippen LogP contribution in [0, 0.1) is 0 Å². The van der Waals surface area contributed by atoms with Crippen molar-refractivity contribution in [3.05, 3.63) is 30.3 Å². The molecule has 2 aliphatic heterocycles. The van der Waals surface area contributed by atoms with Crippen LogP contribution in [0.1, 0.15) is 26.2 Å². The first kappa shape index (κ1) is 26.3. The van der Waals surface area contributed by atoms with E-state index in [9.17, 15) is 4.79 Å². The Hall–Kier alpha value is -0.720. The van der Waals surface area contributed by atoms with Gasteiger partial charge in [0.05, 0.1) is 0 Å². The Kier molecular flexibility index (Phi) is 13.1. The smallest absolute Gasteiger partial charge is 0.221 e. The molecule has 0 aromatic heterocycles. The van der Waals surface area contributed by atoms with Crippen LogP contribution in [-0.4, -0.2) is 62.2 Å². The maximum absolute atomic E-state index is 12.0. The van der Waals surface area contributed by atoms with E-state index in [4.69, 9.17) is 0 Å². The minimum atomic E-state index is 0. The Labute approximate surface area is 181 Å². The summed E-state index contributed by atoms with van der Waals surface area (Å²) in [6.07, 6.45) is 2.94. The minimum absolute atomic E-state index is 0. The molecule has 0 saturated carbocycles. The Morgan fingerprint density at radius 2 is 1.81 bits per heavy atom. The number of hydrogen-bond acceptors (Lipinski definition) is 4. The fourth-order valence-corrected chi connectivity index (χ4v) is 3.68. The van der Waals surface area contributed by atoms with Gasteiger partial charge in [-0.1, -0.05) is 18.2 Å². The molecule has 2 atom stereocenters. The van der Waals surface area contributed by atoms with Crippen molar-refractivity contribution in [2.45, 2.75) is 38.3 Å². The average molecular weight is 440 g/mol. The van der Waals surface area contributed by atoms with Gasteiger partial charge in [-0.2, -0.15) is 0 Å². The van der Waals surface area contributed by atoms with E-state index in [2.05, 4.69) is 57.7 Å². The van der Waals surface area contributed by atoms with Crippen molar-refractivity contribution in [3.8, 4) is 0 Å². The van der Waals surface area contributed by atoms with Gasteiger partial charge >= 0.3 is 0 Å². The van der Waals surface area contributed by atoms with E-state index in [0.717, 1.165) is 45.7 Å². The third-order valence-corrected chi connectivity index (χ3v) is 5.25. The molecule has 2 heterocycles. The van der Waals surface area contributed by atoms with Crippen molar-refractivity contribution >= 4 is 48.8 Å². The van der Waals surface area contributed by atoms with E-state index in [0.29, 0.717) is 18.5 Å². The Morgan fingerprint density at radius 1 is 1.15 bits per heavy atom. The standard InChI is InChI=1S/C19H30N4O.3ClH/c1-16(15-21-19(24)14-17-6-5-9-20-17)22-10-12-23(13-11-22)18-7-3-2-4-8-18;;;/h2-4,7-8,16-17,20H,5-6,9-15H2,1H3,(H,21,24);3*1H. The fraction of sp³-hybridized carbons (Fsp3) is 0.632. The molecule has 0 spiro atoms. The zero-order valence-corrected chi connectivity index (χ0v) is 18.4. The number of nitrogens with zero attached hydrogens (tertiary/aromatic N) is 2. The van der Waals surface area contributed by atoms with E-state index in [1.807, 2.05) is 0 Å². The summed E-state index contributed by atoms with van der Waals surface area (Å²) in [7, 11) is 0. The Balaban J connectivity index is 0.00000225. The van der Waals surface area contributed by atoms with Crippen molar-refractivity contribution in [2.75, 3.05) is 44.2 Å². The number of anilines is 1. The number of benzene rings is 1. The van der Waals surface area contributed by atoms with Gasteiger partial charge in [0.25, 0.3) is 0 Å². The van der Waals surface area contributed by atoms with Gasteiger partial charge in [-0.15, -0.1) is 37.2 Å². The lowest BCUT2D eigenvalue weighted by Crippen LogP contribution is -2.52. The molecule has 2 saturated heterocycles. The molecule has 1 amide bonds. The van der Waals surface area contributed by atoms with Crippen LogP contribution >= 0.6 is 37.2 Å². The number of piperazine rings is 1. The molecule has 2 unspecified atom stereocenters. The first-order valence-electron chi connectivity index (χ1n) is 9.26. The van der Waals surface area contributed by atoms with Gasteiger partial charge in [0.2, 0.25) is 5.91 Å². The number of amides is 1. The predicted molar refractivity (Wildman–Crippen MR) is 120 cm³/mol. The molecule has 5 nitrogen and oxygen atoms in total. The maximum Gasteiger partial charge on any atom is 0.221 e. The first-order valence-corrected chi connectivity index (χ1v) is 9.26. The molecule has 0 aliphatic carbocycles. The summed E-state index contributed by atoms with van der Waals surface area (Å²) in [6.45, 7) is 8.22. The molecule has 2 aliphatic rings. The molecule has 156 valence electrons. The van der Waals surface area contributed by atoms with Crippen LogP contribution in [0.3, 0.4) is 0 Å². The quantitative estimate of drug-likeness (QED) is 0.715. The lowest BCUT2D eigenvalue weighted by molar-refractivity contribution is -0.121. The summed E-state index contributed by atoms with van der Waals surface area (Å²) in [5.41, 5.74) is 1.31. The maximum atomic E-state index is 12.0. The van der Waals surface area contributed by atoms with Gasteiger partial charge in [-0.25, -0.2) is 0 Å². The number of halogens is 3. The Morgan fingerprint density at radius 3 is 2.41 bits per heavy atom. The lowest BCUT2D eigenvalue weighted by atomic mass is 10.1. The molecule has 1 aromatic rings. The molecule has 8 heteroatoms. The van der Waals surface area contributed by atoms with Crippen molar-refractivity contribution in [1.82, 2.24) is 15.5 Å². The summed E-state index contributed by atoms with van der Waals surface area (Å²) in [6, 6.07) is 11.4. The van der Waals surface area contributed by atoms with Gasteiger partial charge in [-0.05, 0) is 38.4 Å². The summed E-state index contributed by atoms with van der Waals surface area (Å²) >= 11 is 0. The van der Waals surface area contributed by atoms with E-state index in [1.54, 1.807) is 0 Å². The molecule has 27 heavy (non-hydrogen) atoms. The number of carbonyl (C=O) groups excluding carboxylic acids is 1. The average Bonchev–Trinajstić information content (AvgIpc) is 3.13. The first-order chi connectivity index (χ1) is 11.7. The second-order valence-corrected chi connectivity index (χ2v) is 7.01. The number of nitrogens with one attached hydrogen (secondary N) is 2. The van der Waals surface area contributed by atoms with Crippen molar-refractivity contribution in [1.29, 1.82) is 0 Å². The highest BCUT2D eigenvalue weighted by molar-refractivity contribution is 5.86. The van der Waals surface area contributed by atoms with Crippen molar-refractivity contribution in [2.24, 2.45) is 0 Å². The zero-order valence-electron chi connectivity index (χ0n) is 15.9. The topological polar surface area (TPSA) is 47.6 Å². The highest BCUT2D eigenvalue weighted by Crippen LogP contribution is 2.16. The lowest BCUT2D eigenvalue weighted by Gasteiger charge is -2.39. The highest BCUT2D eigenvalue weighted by atomic mass is 35.5. The molecule has 0 bridgehead atoms. The molecular weight excluding hydrogens is 407 g/mol. The van der Waals surface area contributed by atoms with Crippen LogP contribution in [0.15, 0.2) is 30.3 Å². The molecule has 1 aromatic carbocycles. The van der Waals surface area contributed by atoms with Gasteiger partial charge in [0, 0.05) is 56.9 Å². The predicted octanol–water partition coefficient (Wildman–Crippen LogP) is 2.72. The zero-order chi connectivity index (χ0) is 16.8. The van der Waals surface area contributed by atoms with Gasteiger partial charge < -0.3 is 15.5 Å².